The van der Waals surface area contributed by atoms with Crippen molar-refractivity contribution in [3.05, 3.63) is 18.0 Å². The normalized spacial score (nSPS) is 28.8. The molecule has 3 rings (SSSR count). The topological polar surface area (TPSA) is 53.3 Å². The second-order valence-electron chi connectivity index (χ2n) is 5.21. The molecule has 5 heteroatoms. The first-order valence-corrected chi connectivity index (χ1v) is 6.40. The van der Waals surface area contributed by atoms with Crippen molar-refractivity contribution in [3.8, 4) is 0 Å². The van der Waals surface area contributed by atoms with Gasteiger partial charge in [0, 0.05) is 31.4 Å². The second-order valence-corrected chi connectivity index (χ2v) is 5.21. The molecule has 2 fully saturated rings. The molecule has 0 saturated carbocycles. The van der Waals surface area contributed by atoms with E-state index in [4.69, 9.17) is 5.11 Å². The van der Waals surface area contributed by atoms with Gasteiger partial charge in [-0.15, -0.1) is 0 Å². The number of nitrogens with one attached hydrogen (secondary N) is 1. The van der Waals surface area contributed by atoms with Crippen LogP contribution in [0.3, 0.4) is 0 Å². The van der Waals surface area contributed by atoms with Gasteiger partial charge in [0.05, 0.1) is 19.3 Å². The molecule has 3 heterocycles. The fourth-order valence-electron chi connectivity index (χ4n) is 3.05. The van der Waals surface area contributed by atoms with Crippen molar-refractivity contribution in [1.82, 2.24) is 20.0 Å². The smallest absolute Gasteiger partial charge is 0.0640 e. The summed E-state index contributed by atoms with van der Waals surface area (Å²) in [6.07, 6.45) is 3.96. The van der Waals surface area contributed by atoms with Gasteiger partial charge in [-0.3, -0.25) is 9.58 Å². The van der Waals surface area contributed by atoms with Crippen LogP contribution in [0.1, 0.15) is 5.56 Å². The largest absolute Gasteiger partial charge is 0.394 e. The Kier molecular flexibility index (Phi) is 3.13. The summed E-state index contributed by atoms with van der Waals surface area (Å²) in [6.45, 7) is 6.54. The minimum atomic E-state index is 0.153. The zero-order chi connectivity index (χ0) is 11.7. The number of aliphatic hydroxyl groups is 1. The number of hydrogen-bond donors (Lipinski definition) is 2. The van der Waals surface area contributed by atoms with Crippen LogP contribution in [-0.4, -0.2) is 52.6 Å². The van der Waals surface area contributed by atoms with Gasteiger partial charge in [-0.25, -0.2) is 0 Å². The van der Waals surface area contributed by atoms with E-state index in [0.717, 1.165) is 18.4 Å². The Balaban J connectivity index is 1.56. The van der Waals surface area contributed by atoms with Crippen LogP contribution in [0, 0.1) is 11.8 Å². The first kappa shape index (κ1) is 11.2. The third-order valence-corrected chi connectivity index (χ3v) is 3.89. The Morgan fingerprint density at radius 3 is 2.82 bits per heavy atom. The lowest BCUT2D eigenvalue weighted by molar-refractivity contribution is 0.269. The van der Waals surface area contributed by atoms with E-state index in [2.05, 4.69) is 15.3 Å². The molecule has 2 N–H and O–H groups in total. The molecule has 0 radical (unpaired) electrons. The highest BCUT2D eigenvalue weighted by molar-refractivity contribution is 5.05. The molecule has 1 aromatic rings. The van der Waals surface area contributed by atoms with Crippen LogP contribution in [0.15, 0.2) is 12.4 Å². The number of aliphatic hydroxyl groups excluding tert-OH is 1. The highest BCUT2D eigenvalue weighted by Crippen LogP contribution is 2.27. The number of nitrogens with zero attached hydrogens (tertiary/aromatic N) is 3. The van der Waals surface area contributed by atoms with Gasteiger partial charge in [-0.05, 0) is 24.9 Å². The van der Waals surface area contributed by atoms with Crippen LogP contribution in [0.2, 0.25) is 0 Å². The highest BCUT2D eigenvalue weighted by Gasteiger charge is 2.35. The standard InChI is InChI=1S/C12H20N4O/c17-2-1-16-7-10(3-14-16)6-15-8-11-4-13-5-12(11)9-15/h3,7,11-13,17H,1-2,4-6,8-9H2. The van der Waals surface area contributed by atoms with Gasteiger partial charge in [-0.2, -0.15) is 5.10 Å². The summed E-state index contributed by atoms with van der Waals surface area (Å²) in [5, 5.41) is 16.5. The van der Waals surface area contributed by atoms with Crippen molar-refractivity contribution in [2.45, 2.75) is 13.1 Å². The van der Waals surface area contributed by atoms with Crippen molar-refractivity contribution in [3.63, 3.8) is 0 Å². The molecule has 2 unspecified atom stereocenters. The van der Waals surface area contributed by atoms with Crippen LogP contribution in [0.4, 0.5) is 0 Å². The van der Waals surface area contributed by atoms with E-state index >= 15 is 0 Å². The molecule has 1 aromatic heterocycles. The van der Waals surface area contributed by atoms with Crippen molar-refractivity contribution in [2.75, 3.05) is 32.8 Å². The lowest BCUT2D eigenvalue weighted by Gasteiger charge is -2.15. The van der Waals surface area contributed by atoms with Crippen molar-refractivity contribution < 1.29 is 5.11 Å². The Labute approximate surface area is 101 Å². The van der Waals surface area contributed by atoms with Crippen LogP contribution < -0.4 is 5.32 Å². The maximum atomic E-state index is 8.84. The lowest BCUT2D eigenvalue weighted by atomic mass is 10.0. The molecule has 5 nitrogen and oxygen atoms in total. The maximum absolute atomic E-state index is 8.84. The molecule has 17 heavy (non-hydrogen) atoms. The summed E-state index contributed by atoms with van der Waals surface area (Å²) in [5.74, 6) is 1.70. The van der Waals surface area contributed by atoms with Gasteiger partial charge in [0.15, 0.2) is 0 Å². The van der Waals surface area contributed by atoms with Gasteiger partial charge < -0.3 is 10.4 Å². The number of rotatable bonds is 4. The minimum absolute atomic E-state index is 0.153. The van der Waals surface area contributed by atoms with Crippen LogP contribution in [0.25, 0.3) is 0 Å². The molecule has 0 aliphatic carbocycles. The van der Waals surface area contributed by atoms with E-state index in [0.29, 0.717) is 6.54 Å². The summed E-state index contributed by atoms with van der Waals surface area (Å²) < 4.78 is 1.81. The third kappa shape index (κ3) is 2.36. The van der Waals surface area contributed by atoms with Gasteiger partial charge >= 0.3 is 0 Å². The SMILES string of the molecule is OCCn1cc(CN2CC3CNCC3C2)cn1. The summed E-state index contributed by atoms with van der Waals surface area (Å²) in [5.41, 5.74) is 1.26. The second kappa shape index (κ2) is 4.76. The number of hydrogen-bond acceptors (Lipinski definition) is 4. The van der Waals surface area contributed by atoms with Gasteiger partial charge in [-0.1, -0.05) is 0 Å². The maximum Gasteiger partial charge on any atom is 0.0640 e. The summed E-state index contributed by atoms with van der Waals surface area (Å²) in [7, 11) is 0. The van der Waals surface area contributed by atoms with E-state index in [1.165, 1.54) is 31.7 Å². The minimum Gasteiger partial charge on any atom is -0.394 e. The molecule has 94 valence electrons. The number of aromatic nitrogens is 2. The zero-order valence-electron chi connectivity index (χ0n) is 10.0. The highest BCUT2D eigenvalue weighted by atomic mass is 16.3. The van der Waals surface area contributed by atoms with Crippen LogP contribution in [0.5, 0.6) is 0 Å². The molecule has 2 aliphatic heterocycles. The van der Waals surface area contributed by atoms with E-state index in [-0.39, 0.29) is 6.61 Å². The van der Waals surface area contributed by atoms with Gasteiger partial charge in [0.2, 0.25) is 0 Å². The Morgan fingerprint density at radius 1 is 1.35 bits per heavy atom. The lowest BCUT2D eigenvalue weighted by Crippen LogP contribution is -2.25. The Bertz CT molecular complexity index is 366. The van der Waals surface area contributed by atoms with Crippen LogP contribution in [-0.2, 0) is 13.1 Å². The van der Waals surface area contributed by atoms with Crippen molar-refractivity contribution >= 4 is 0 Å². The molecule has 0 bridgehead atoms. The average molecular weight is 236 g/mol. The molecule has 2 saturated heterocycles. The molecule has 0 spiro atoms. The molecule has 0 amide bonds. The Hall–Kier alpha value is -0.910. The molecular weight excluding hydrogens is 216 g/mol. The fourth-order valence-corrected chi connectivity index (χ4v) is 3.05. The first-order chi connectivity index (χ1) is 8.35. The first-order valence-electron chi connectivity index (χ1n) is 6.40. The third-order valence-electron chi connectivity index (χ3n) is 3.89. The zero-order valence-corrected chi connectivity index (χ0v) is 10.0. The predicted octanol–water partition coefficient (Wildman–Crippen LogP) is -0.473. The molecule has 2 atom stereocenters. The summed E-state index contributed by atoms with van der Waals surface area (Å²) >= 11 is 0. The van der Waals surface area contributed by atoms with E-state index < -0.39 is 0 Å². The number of likely N-dealkylation sites (tertiary alicyclic amines) is 1. The van der Waals surface area contributed by atoms with Crippen molar-refractivity contribution in [2.24, 2.45) is 11.8 Å². The van der Waals surface area contributed by atoms with E-state index in [9.17, 15) is 0 Å². The van der Waals surface area contributed by atoms with Gasteiger partial charge in [0.25, 0.3) is 0 Å². The Morgan fingerprint density at radius 2 is 2.12 bits per heavy atom. The molecule has 0 aromatic carbocycles. The van der Waals surface area contributed by atoms with Crippen molar-refractivity contribution in [1.29, 1.82) is 0 Å². The number of fused-ring (bicyclic) bond motifs is 1. The monoisotopic (exact) mass is 236 g/mol. The van der Waals surface area contributed by atoms with Crippen LogP contribution >= 0.6 is 0 Å². The summed E-state index contributed by atoms with van der Waals surface area (Å²) in [6, 6.07) is 0. The summed E-state index contributed by atoms with van der Waals surface area (Å²) in [4.78, 5) is 2.52. The quantitative estimate of drug-likeness (QED) is 0.742. The predicted molar refractivity (Wildman–Crippen MR) is 64.4 cm³/mol. The van der Waals surface area contributed by atoms with E-state index in [1.807, 2.05) is 17.1 Å². The average Bonchev–Trinajstić information content (AvgIpc) is 2.95. The fraction of sp³-hybridized carbons (Fsp3) is 0.750. The molecule has 2 aliphatic rings. The molecular formula is C12H20N4O. The van der Waals surface area contributed by atoms with E-state index in [1.54, 1.807) is 0 Å². The van der Waals surface area contributed by atoms with Gasteiger partial charge in [0.1, 0.15) is 0 Å².